The van der Waals surface area contributed by atoms with Gasteiger partial charge in [0.15, 0.2) is 0 Å². The third-order valence-corrected chi connectivity index (χ3v) is 3.53. The van der Waals surface area contributed by atoms with E-state index in [1.165, 1.54) is 5.56 Å². The van der Waals surface area contributed by atoms with Crippen LogP contribution in [0.1, 0.15) is 24.8 Å². The molecular weight excluding hydrogens is 266 g/mol. The van der Waals surface area contributed by atoms with Gasteiger partial charge in [0.25, 0.3) is 0 Å². The number of hydrogen-bond donors (Lipinski definition) is 0. The SMILES string of the molecule is N#CCC1(COCc2ccc(Br)cc2)CC1. The number of nitrogens with zero attached hydrogens (tertiary/aromatic N) is 1. The minimum absolute atomic E-state index is 0.185. The summed E-state index contributed by atoms with van der Waals surface area (Å²) in [7, 11) is 0. The lowest BCUT2D eigenvalue weighted by Crippen LogP contribution is -2.09. The summed E-state index contributed by atoms with van der Waals surface area (Å²) in [6.45, 7) is 1.36. The summed E-state index contributed by atoms with van der Waals surface area (Å²) < 4.78 is 6.76. The van der Waals surface area contributed by atoms with E-state index in [0.29, 0.717) is 13.0 Å². The van der Waals surface area contributed by atoms with Gasteiger partial charge in [0.1, 0.15) is 0 Å². The van der Waals surface area contributed by atoms with Crippen LogP contribution in [0.3, 0.4) is 0 Å². The Morgan fingerprint density at radius 1 is 1.31 bits per heavy atom. The summed E-state index contributed by atoms with van der Waals surface area (Å²) in [5.74, 6) is 0. The lowest BCUT2D eigenvalue weighted by Gasteiger charge is -2.11. The highest BCUT2D eigenvalue weighted by Gasteiger charge is 2.42. The van der Waals surface area contributed by atoms with Gasteiger partial charge >= 0.3 is 0 Å². The molecule has 0 spiro atoms. The minimum atomic E-state index is 0.185. The second-order valence-electron chi connectivity index (χ2n) is 4.45. The van der Waals surface area contributed by atoms with Crippen LogP contribution in [-0.4, -0.2) is 6.61 Å². The molecule has 0 amide bonds. The number of nitriles is 1. The van der Waals surface area contributed by atoms with Crippen molar-refractivity contribution in [1.29, 1.82) is 5.26 Å². The number of benzene rings is 1. The molecule has 0 radical (unpaired) electrons. The van der Waals surface area contributed by atoms with Crippen LogP contribution in [0.2, 0.25) is 0 Å². The van der Waals surface area contributed by atoms with E-state index in [1.807, 2.05) is 24.3 Å². The Balaban J connectivity index is 1.76. The third-order valence-electron chi connectivity index (χ3n) is 3.00. The lowest BCUT2D eigenvalue weighted by molar-refractivity contribution is 0.0795. The maximum absolute atomic E-state index is 8.68. The fourth-order valence-corrected chi connectivity index (χ4v) is 1.95. The molecule has 84 valence electrons. The summed E-state index contributed by atoms with van der Waals surface area (Å²) in [6.07, 6.45) is 2.91. The van der Waals surface area contributed by atoms with Crippen LogP contribution < -0.4 is 0 Å². The van der Waals surface area contributed by atoms with Gasteiger partial charge in [0.05, 0.1) is 19.3 Å². The highest BCUT2D eigenvalue weighted by Crippen LogP contribution is 2.48. The minimum Gasteiger partial charge on any atom is -0.376 e. The molecule has 3 heteroatoms. The fraction of sp³-hybridized carbons (Fsp3) is 0.462. The second-order valence-corrected chi connectivity index (χ2v) is 5.37. The molecule has 1 aromatic carbocycles. The quantitative estimate of drug-likeness (QED) is 0.824. The highest BCUT2D eigenvalue weighted by molar-refractivity contribution is 9.10. The van der Waals surface area contributed by atoms with Gasteiger partial charge in [0.2, 0.25) is 0 Å². The van der Waals surface area contributed by atoms with E-state index in [2.05, 4.69) is 22.0 Å². The van der Waals surface area contributed by atoms with E-state index in [1.54, 1.807) is 0 Å². The fourth-order valence-electron chi connectivity index (χ4n) is 1.68. The Bertz CT molecular complexity index is 389. The Kier molecular flexibility index (Phi) is 3.63. The topological polar surface area (TPSA) is 33.0 Å². The van der Waals surface area contributed by atoms with Crippen molar-refractivity contribution in [3.63, 3.8) is 0 Å². The molecule has 0 saturated heterocycles. The smallest absolute Gasteiger partial charge is 0.0717 e. The van der Waals surface area contributed by atoms with E-state index in [-0.39, 0.29) is 5.41 Å². The third kappa shape index (κ3) is 3.07. The van der Waals surface area contributed by atoms with Gasteiger partial charge in [-0.3, -0.25) is 0 Å². The summed E-state index contributed by atoms with van der Waals surface area (Å²) in [6, 6.07) is 10.4. The van der Waals surface area contributed by atoms with Gasteiger partial charge in [-0.25, -0.2) is 0 Å². The van der Waals surface area contributed by atoms with Gasteiger partial charge < -0.3 is 4.74 Å². The van der Waals surface area contributed by atoms with Crippen LogP contribution in [0.5, 0.6) is 0 Å². The Morgan fingerprint density at radius 2 is 2.00 bits per heavy atom. The molecule has 1 aliphatic carbocycles. The Labute approximate surface area is 104 Å². The van der Waals surface area contributed by atoms with Crippen molar-refractivity contribution in [2.45, 2.75) is 25.9 Å². The average Bonchev–Trinajstić information content (AvgIpc) is 3.02. The summed E-state index contributed by atoms with van der Waals surface area (Å²) in [4.78, 5) is 0. The van der Waals surface area contributed by atoms with Crippen molar-refractivity contribution in [3.8, 4) is 6.07 Å². The van der Waals surface area contributed by atoms with Gasteiger partial charge in [-0.15, -0.1) is 0 Å². The molecule has 1 saturated carbocycles. The summed E-state index contributed by atoms with van der Waals surface area (Å²) >= 11 is 3.40. The van der Waals surface area contributed by atoms with E-state index >= 15 is 0 Å². The zero-order valence-electron chi connectivity index (χ0n) is 9.08. The first-order valence-electron chi connectivity index (χ1n) is 5.43. The normalized spacial score (nSPS) is 16.8. The van der Waals surface area contributed by atoms with Crippen molar-refractivity contribution in [1.82, 2.24) is 0 Å². The summed E-state index contributed by atoms with van der Waals surface area (Å²) in [5, 5.41) is 8.68. The van der Waals surface area contributed by atoms with Gasteiger partial charge in [-0.1, -0.05) is 28.1 Å². The van der Waals surface area contributed by atoms with Crippen LogP contribution in [-0.2, 0) is 11.3 Å². The molecule has 0 aliphatic heterocycles. The predicted molar refractivity (Wildman–Crippen MR) is 65.7 cm³/mol. The molecule has 0 bridgehead atoms. The van der Waals surface area contributed by atoms with Crippen LogP contribution >= 0.6 is 15.9 Å². The molecule has 1 aromatic rings. The molecule has 0 N–H and O–H groups in total. The highest BCUT2D eigenvalue weighted by atomic mass is 79.9. The van der Waals surface area contributed by atoms with E-state index in [0.717, 1.165) is 23.9 Å². The van der Waals surface area contributed by atoms with Gasteiger partial charge in [-0.05, 0) is 30.5 Å². The predicted octanol–water partition coefficient (Wildman–Crippen LogP) is 3.66. The Morgan fingerprint density at radius 3 is 2.56 bits per heavy atom. The molecule has 0 atom stereocenters. The lowest BCUT2D eigenvalue weighted by atomic mass is 10.1. The first-order valence-corrected chi connectivity index (χ1v) is 6.23. The molecule has 0 aromatic heterocycles. The van der Waals surface area contributed by atoms with Crippen LogP contribution in [0.4, 0.5) is 0 Å². The maximum atomic E-state index is 8.68. The zero-order valence-corrected chi connectivity index (χ0v) is 10.7. The van der Waals surface area contributed by atoms with Crippen molar-refractivity contribution in [2.75, 3.05) is 6.61 Å². The van der Waals surface area contributed by atoms with E-state index in [4.69, 9.17) is 10.00 Å². The van der Waals surface area contributed by atoms with Gasteiger partial charge in [-0.2, -0.15) is 5.26 Å². The number of rotatable bonds is 5. The summed E-state index contributed by atoms with van der Waals surface area (Å²) in [5.41, 5.74) is 1.36. The molecule has 0 heterocycles. The van der Waals surface area contributed by atoms with Crippen molar-refractivity contribution >= 4 is 15.9 Å². The van der Waals surface area contributed by atoms with Crippen LogP contribution in [0, 0.1) is 16.7 Å². The monoisotopic (exact) mass is 279 g/mol. The molecule has 1 fully saturated rings. The Hall–Kier alpha value is -0.850. The molecule has 1 aliphatic rings. The molecule has 2 nitrogen and oxygen atoms in total. The number of ether oxygens (including phenoxy) is 1. The first kappa shape index (κ1) is 11.6. The van der Waals surface area contributed by atoms with Gasteiger partial charge in [0, 0.05) is 16.3 Å². The number of halogens is 1. The van der Waals surface area contributed by atoms with Crippen molar-refractivity contribution in [2.24, 2.45) is 5.41 Å². The number of hydrogen-bond acceptors (Lipinski definition) is 2. The van der Waals surface area contributed by atoms with Crippen LogP contribution in [0.25, 0.3) is 0 Å². The standard InChI is InChI=1S/C13H14BrNO/c14-12-3-1-11(2-4-12)9-16-10-13(5-6-13)7-8-15/h1-4H,5-7,9-10H2. The van der Waals surface area contributed by atoms with Crippen molar-refractivity contribution in [3.05, 3.63) is 34.3 Å². The average molecular weight is 280 g/mol. The largest absolute Gasteiger partial charge is 0.376 e. The van der Waals surface area contributed by atoms with Crippen LogP contribution in [0.15, 0.2) is 28.7 Å². The van der Waals surface area contributed by atoms with E-state index in [9.17, 15) is 0 Å². The molecular formula is C13H14BrNO. The molecule has 2 rings (SSSR count). The van der Waals surface area contributed by atoms with E-state index < -0.39 is 0 Å². The van der Waals surface area contributed by atoms with Crippen molar-refractivity contribution < 1.29 is 4.74 Å². The maximum Gasteiger partial charge on any atom is 0.0717 e. The molecule has 16 heavy (non-hydrogen) atoms. The first-order chi connectivity index (χ1) is 7.74. The second kappa shape index (κ2) is 4.99. The molecule has 0 unspecified atom stereocenters. The zero-order chi connectivity index (χ0) is 11.4.